The Morgan fingerprint density at radius 3 is 2.62 bits per heavy atom. The average molecular weight is 324 g/mol. The molecule has 5 nitrogen and oxygen atoms in total. The Morgan fingerprint density at radius 1 is 1.12 bits per heavy atom. The fourth-order valence-corrected chi connectivity index (χ4v) is 3.82. The lowest BCUT2D eigenvalue weighted by Crippen LogP contribution is -2.49. The largest absolute Gasteiger partial charge is 0.333 e. The molecule has 1 aliphatic carbocycles. The van der Waals surface area contributed by atoms with Crippen LogP contribution in [-0.4, -0.2) is 52.2 Å². The highest BCUT2D eigenvalue weighted by atomic mass is 16.2. The third-order valence-electron chi connectivity index (χ3n) is 5.31. The quantitative estimate of drug-likeness (QED) is 0.867. The predicted molar refractivity (Wildman–Crippen MR) is 92.4 cm³/mol. The Hall–Kier alpha value is -2.14. The van der Waals surface area contributed by atoms with Gasteiger partial charge in [-0.15, -0.1) is 0 Å². The standard InChI is InChI=1S/C19H24N4O/c1-21-8-9-23(18(13-21)14-6-4-3-5-7-14)19(24)17-10-16(17)15-11-20-22(2)12-15/h3-7,11-12,16-18H,8-10,13H2,1-2H3/t16-,17+,18-/m0/s1. The number of likely N-dealkylation sites (N-methyl/N-ethyl adjacent to an activating group) is 1. The first-order chi connectivity index (χ1) is 11.6. The minimum absolute atomic E-state index is 0.129. The summed E-state index contributed by atoms with van der Waals surface area (Å²) in [6.07, 6.45) is 4.89. The van der Waals surface area contributed by atoms with E-state index in [0.29, 0.717) is 11.8 Å². The van der Waals surface area contributed by atoms with Gasteiger partial charge >= 0.3 is 0 Å². The number of carbonyl (C=O) groups is 1. The summed E-state index contributed by atoms with van der Waals surface area (Å²) in [7, 11) is 4.06. The summed E-state index contributed by atoms with van der Waals surface area (Å²) in [4.78, 5) is 17.5. The molecule has 1 aromatic carbocycles. The van der Waals surface area contributed by atoms with Gasteiger partial charge in [0.25, 0.3) is 0 Å². The van der Waals surface area contributed by atoms with E-state index in [1.54, 1.807) is 0 Å². The van der Waals surface area contributed by atoms with Crippen molar-refractivity contribution in [3.8, 4) is 0 Å². The smallest absolute Gasteiger partial charge is 0.226 e. The number of hydrogen-bond donors (Lipinski definition) is 0. The lowest BCUT2D eigenvalue weighted by atomic mass is 10.0. The van der Waals surface area contributed by atoms with Crippen LogP contribution in [0.1, 0.15) is 29.5 Å². The van der Waals surface area contributed by atoms with Gasteiger partial charge in [0.1, 0.15) is 0 Å². The average Bonchev–Trinajstić information content (AvgIpc) is 3.29. The molecule has 24 heavy (non-hydrogen) atoms. The van der Waals surface area contributed by atoms with Gasteiger partial charge in [-0.2, -0.15) is 5.10 Å². The number of aromatic nitrogens is 2. The van der Waals surface area contributed by atoms with E-state index in [1.807, 2.05) is 30.2 Å². The number of benzene rings is 1. The first kappa shape index (κ1) is 15.4. The van der Waals surface area contributed by atoms with E-state index in [-0.39, 0.29) is 12.0 Å². The number of nitrogens with zero attached hydrogens (tertiary/aromatic N) is 4. The van der Waals surface area contributed by atoms with Crippen LogP contribution < -0.4 is 0 Å². The van der Waals surface area contributed by atoms with Crippen LogP contribution in [0.5, 0.6) is 0 Å². The van der Waals surface area contributed by atoms with E-state index in [2.05, 4.69) is 46.2 Å². The molecule has 0 unspecified atom stereocenters. The number of carbonyl (C=O) groups excluding carboxylic acids is 1. The predicted octanol–water partition coefficient (Wildman–Crippen LogP) is 2.04. The summed E-state index contributed by atoms with van der Waals surface area (Å²) >= 11 is 0. The Morgan fingerprint density at radius 2 is 1.92 bits per heavy atom. The number of rotatable bonds is 3. The Bertz CT molecular complexity index is 726. The second kappa shape index (κ2) is 6.06. The van der Waals surface area contributed by atoms with Crippen LogP contribution in [0, 0.1) is 5.92 Å². The molecule has 1 amide bonds. The minimum Gasteiger partial charge on any atom is -0.333 e. The zero-order chi connectivity index (χ0) is 16.7. The van der Waals surface area contributed by atoms with Gasteiger partial charge in [0, 0.05) is 38.8 Å². The highest BCUT2D eigenvalue weighted by Crippen LogP contribution is 2.49. The van der Waals surface area contributed by atoms with Crippen LogP contribution in [-0.2, 0) is 11.8 Å². The van der Waals surface area contributed by atoms with E-state index in [1.165, 1.54) is 11.1 Å². The minimum atomic E-state index is 0.129. The maximum Gasteiger partial charge on any atom is 0.226 e. The highest BCUT2D eigenvalue weighted by Gasteiger charge is 2.48. The number of piperazine rings is 1. The third kappa shape index (κ3) is 2.84. The van der Waals surface area contributed by atoms with Gasteiger partial charge in [0.15, 0.2) is 0 Å². The van der Waals surface area contributed by atoms with Gasteiger partial charge < -0.3 is 9.80 Å². The Labute approximate surface area is 142 Å². The van der Waals surface area contributed by atoms with Crippen molar-refractivity contribution in [3.63, 3.8) is 0 Å². The summed E-state index contributed by atoms with van der Waals surface area (Å²) in [5.41, 5.74) is 2.43. The summed E-state index contributed by atoms with van der Waals surface area (Å²) in [6.45, 7) is 2.66. The van der Waals surface area contributed by atoms with Gasteiger partial charge in [-0.25, -0.2) is 0 Å². The second-order valence-electron chi connectivity index (χ2n) is 7.12. The van der Waals surface area contributed by atoms with Crippen molar-refractivity contribution in [1.29, 1.82) is 0 Å². The van der Waals surface area contributed by atoms with Gasteiger partial charge in [-0.1, -0.05) is 30.3 Å². The van der Waals surface area contributed by atoms with Gasteiger partial charge in [-0.05, 0) is 30.5 Å². The van der Waals surface area contributed by atoms with E-state index >= 15 is 0 Å². The fraction of sp³-hybridized carbons (Fsp3) is 0.474. The van der Waals surface area contributed by atoms with E-state index in [4.69, 9.17) is 0 Å². The van der Waals surface area contributed by atoms with E-state index in [9.17, 15) is 4.79 Å². The fourth-order valence-electron chi connectivity index (χ4n) is 3.82. The molecule has 2 aromatic rings. The van der Waals surface area contributed by atoms with Crippen LogP contribution in [0.15, 0.2) is 42.7 Å². The van der Waals surface area contributed by atoms with Crippen molar-refractivity contribution in [2.45, 2.75) is 18.4 Å². The molecule has 0 N–H and O–H groups in total. The molecule has 0 radical (unpaired) electrons. The maximum atomic E-state index is 13.1. The van der Waals surface area contributed by atoms with Crippen molar-refractivity contribution in [2.75, 3.05) is 26.7 Å². The maximum absolute atomic E-state index is 13.1. The number of aryl methyl sites for hydroxylation is 1. The molecule has 2 fully saturated rings. The molecule has 2 aliphatic rings. The monoisotopic (exact) mass is 324 g/mol. The molecule has 1 saturated carbocycles. The molecule has 126 valence electrons. The molecule has 0 bridgehead atoms. The van der Waals surface area contributed by atoms with Crippen molar-refractivity contribution < 1.29 is 4.79 Å². The van der Waals surface area contributed by atoms with Crippen LogP contribution in [0.4, 0.5) is 0 Å². The van der Waals surface area contributed by atoms with Crippen LogP contribution in [0.3, 0.4) is 0 Å². The third-order valence-corrected chi connectivity index (χ3v) is 5.31. The molecule has 5 heteroatoms. The van der Waals surface area contributed by atoms with Crippen LogP contribution in [0.2, 0.25) is 0 Å². The van der Waals surface area contributed by atoms with Gasteiger partial charge in [0.05, 0.1) is 12.2 Å². The molecule has 4 rings (SSSR count). The molecule has 3 atom stereocenters. The summed E-state index contributed by atoms with van der Waals surface area (Å²) in [5, 5.41) is 4.24. The first-order valence-electron chi connectivity index (χ1n) is 8.66. The molecule has 0 spiro atoms. The molecular weight excluding hydrogens is 300 g/mol. The SMILES string of the molecule is CN1CCN(C(=O)[C@@H]2C[C@H]2c2cnn(C)c2)[C@H](c2ccccc2)C1. The molecule has 1 aliphatic heterocycles. The lowest BCUT2D eigenvalue weighted by molar-refractivity contribution is -0.137. The first-order valence-corrected chi connectivity index (χ1v) is 8.66. The summed E-state index contributed by atoms with van der Waals surface area (Å²) < 4.78 is 1.82. The number of hydrogen-bond acceptors (Lipinski definition) is 3. The van der Waals surface area contributed by atoms with Crippen molar-refractivity contribution in [1.82, 2.24) is 19.6 Å². The summed E-state index contributed by atoms with van der Waals surface area (Å²) in [5.74, 6) is 0.789. The Balaban J connectivity index is 1.52. The van der Waals surface area contributed by atoms with Crippen LogP contribution >= 0.6 is 0 Å². The summed E-state index contributed by atoms with van der Waals surface area (Å²) in [6, 6.07) is 10.6. The lowest BCUT2D eigenvalue weighted by Gasteiger charge is -2.40. The second-order valence-corrected chi connectivity index (χ2v) is 7.12. The van der Waals surface area contributed by atoms with Crippen molar-refractivity contribution in [3.05, 3.63) is 53.9 Å². The molecule has 1 saturated heterocycles. The zero-order valence-electron chi connectivity index (χ0n) is 14.3. The van der Waals surface area contributed by atoms with Gasteiger partial charge in [0.2, 0.25) is 5.91 Å². The van der Waals surface area contributed by atoms with Crippen LogP contribution in [0.25, 0.3) is 0 Å². The highest BCUT2D eigenvalue weighted by molar-refractivity contribution is 5.83. The number of amides is 1. The Kier molecular flexibility index (Phi) is 3.88. The van der Waals surface area contributed by atoms with Crippen molar-refractivity contribution >= 4 is 5.91 Å². The van der Waals surface area contributed by atoms with Gasteiger partial charge in [-0.3, -0.25) is 9.48 Å². The topological polar surface area (TPSA) is 41.4 Å². The van der Waals surface area contributed by atoms with Crippen molar-refractivity contribution in [2.24, 2.45) is 13.0 Å². The molecule has 1 aromatic heterocycles. The zero-order valence-corrected chi connectivity index (χ0v) is 14.3. The molecule has 2 heterocycles. The van der Waals surface area contributed by atoms with E-state index < -0.39 is 0 Å². The normalized spacial score (nSPS) is 27.2. The van der Waals surface area contributed by atoms with E-state index in [0.717, 1.165) is 26.1 Å². The molecular formula is C19H24N4O.